The van der Waals surface area contributed by atoms with Gasteiger partial charge in [0, 0.05) is 50.8 Å². The molecule has 12 heteroatoms. The van der Waals surface area contributed by atoms with E-state index in [2.05, 4.69) is 37.1 Å². The third-order valence-electron chi connectivity index (χ3n) is 5.55. The molecule has 0 aliphatic heterocycles. The second-order valence-electron chi connectivity index (χ2n) is 8.50. The van der Waals surface area contributed by atoms with Crippen molar-refractivity contribution in [3.63, 3.8) is 0 Å². The van der Waals surface area contributed by atoms with Crippen molar-refractivity contribution in [2.45, 2.75) is 13.5 Å². The van der Waals surface area contributed by atoms with Crippen LogP contribution in [0, 0.1) is 6.92 Å². The van der Waals surface area contributed by atoms with Crippen molar-refractivity contribution in [1.29, 1.82) is 0 Å². The number of carbonyl (C=O) groups is 1. The number of pyridine rings is 2. The number of thiophene rings is 1. The number of methoxy groups -OCH3 is 1. The van der Waals surface area contributed by atoms with Crippen LogP contribution in [0.3, 0.4) is 0 Å². The maximum absolute atomic E-state index is 12.3. The molecule has 39 heavy (non-hydrogen) atoms. The maximum Gasteiger partial charge on any atom is 0.324 e. The number of ether oxygens (including phenoxy) is 2. The van der Waals surface area contributed by atoms with Crippen molar-refractivity contribution in [3.8, 4) is 22.1 Å². The van der Waals surface area contributed by atoms with Gasteiger partial charge >= 0.3 is 6.03 Å². The first-order chi connectivity index (χ1) is 19.0. The summed E-state index contributed by atoms with van der Waals surface area (Å²) in [7, 11) is 1.68. The Bertz CT molecular complexity index is 1590. The molecule has 10 nitrogen and oxygen atoms in total. The summed E-state index contributed by atoms with van der Waals surface area (Å²) in [6.45, 7) is 3.91. The molecule has 5 aromatic rings. The van der Waals surface area contributed by atoms with Gasteiger partial charge in [-0.05, 0) is 36.8 Å². The number of urea groups is 1. The Kier molecular flexibility index (Phi) is 8.33. The molecule has 0 radical (unpaired) electrons. The highest BCUT2D eigenvalue weighted by Gasteiger charge is 2.14. The van der Waals surface area contributed by atoms with Gasteiger partial charge in [0.1, 0.15) is 17.3 Å². The van der Waals surface area contributed by atoms with Crippen molar-refractivity contribution >= 4 is 50.7 Å². The van der Waals surface area contributed by atoms with Gasteiger partial charge in [-0.3, -0.25) is 15.3 Å². The van der Waals surface area contributed by atoms with E-state index in [1.165, 1.54) is 0 Å². The predicted octanol–water partition coefficient (Wildman–Crippen LogP) is 6.48. The van der Waals surface area contributed by atoms with Crippen LogP contribution in [-0.4, -0.2) is 41.4 Å². The topological polar surface area (TPSA) is 123 Å². The van der Waals surface area contributed by atoms with Gasteiger partial charge in [0.25, 0.3) is 0 Å². The van der Waals surface area contributed by atoms with E-state index in [1.807, 2.05) is 18.3 Å². The van der Waals surface area contributed by atoms with Gasteiger partial charge in [0.15, 0.2) is 5.82 Å². The number of nitrogens with zero attached hydrogens (tertiary/aromatic N) is 3. The molecule has 200 valence electrons. The van der Waals surface area contributed by atoms with Gasteiger partial charge < -0.3 is 24.6 Å². The van der Waals surface area contributed by atoms with Crippen LogP contribution < -0.4 is 20.7 Å². The van der Waals surface area contributed by atoms with Crippen molar-refractivity contribution in [3.05, 3.63) is 77.3 Å². The van der Waals surface area contributed by atoms with Crippen molar-refractivity contribution in [2.24, 2.45) is 0 Å². The van der Waals surface area contributed by atoms with Crippen LogP contribution in [0.2, 0.25) is 5.02 Å². The molecular formula is C27H25ClN6O4S. The first kappa shape index (κ1) is 26.6. The number of fused-ring (bicyclic) bond motifs is 1. The molecule has 5 rings (SSSR count). The molecule has 4 aromatic heterocycles. The number of hydrogen-bond donors (Lipinski definition) is 3. The van der Waals surface area contributed by atoms with Gasteiger partial charge in [-0.25, -0.2) is 4.79 Å². The second kappa shape index (κ2) is 12.2. The molecule has 1 aromatic carbocycles. The second-order valence-corrected chi connectivity index (χ2v) is 9.96. The molecule has 0 aliphatic carbocycles. The Morgan fingerprint density at radius 1 is 1.10 bits per heavy atom. The fourth-order valence-electron chi connectivity index (χ4n) is 3.69. The molecule has 0 unspecified atom stereocenters. The smallest absolute Gasteiger partial charge is 0.324 e. The molecular weight excluding hydrogens is 540 g/mol. The number of benzene rings is 1. The fraction of sp³-hybridized carbons (Fsp3) is 0.185. The summed E-state index contributed by atoms with van der Waals surface area (Å²) in [6, 6.07) is 14.0. The zero-order valence-electron chi connectivity index (χ0n) is 21.2. The molecule has 3 N–H and O–H groups in total. The van der Waals surface area contributed by atoms with Crippen LogP contribution in [0.1, 0.15) is 11.3 Å². The minimum Gasteiger partial charge on any atom is -0.456 e. The Hall–Kier alpha value is -4.03. The van der Waals surface area contributed by atoms with E-state index in [0.29, 0.717) is 40.4 Å². The number of halogens is 1. The molecule has 2 amide bonds. The van der Waals surface area contributed by atoms with Gasteiger partial charge in [-0.2, -0.15) is 0 Å². The minimum atomic E-state index is -0.496. The summed E-state index contributed by atoms with van der Waals surface area (Å²) in [6.07, 6.45) is 3.57. The predicted molar refractivity (Wildman–Crippen MR) is 152 cm³/mol. The highest BCUT2D eigenvalue weighted by Crippen LogP contribution is 2.39. The summed E-state index contributed by atoms with van der Waals surface area (Å²) in [5.74, 6) is 2.05. The number of amides is 2. The van der Waals surface area contributed by atoms with Crippen molar-refractivity contribution in [1.82, 2.24) is 20.4 Å². The lowest BCUT2D eigenvalue weighted by Gasteiger charge is -2.10. The molecule has 0 fully saturated rings. The number of aromatic nitrogens is 3. The monoisotopic (exact) mass is 564 g/mol. The van der Waals surface area contributed by atoms with Crippen LogP contribution in [-0.2, 0) is 11.3 Å². The number of aryl methyl sites for hydroxylation is 1. The number of anilines is 2. The Morgan fingerprint density at radius 3 is 2.74 bits per heavy atom. The Morgan fingerprint density at radius 2 is 2.00 bits per heavy atom. The van der Waals surface area contributed by atoms with Crippen LogP contribution >= 0.6 is 22.9 Å². The lowest BCUT2D eigenvalue weighted by atomic mass is 10.2. The summed E-state index contributed by atoms with van der Waals surface area (Å²) in [5.41, 5.74) is 3.19. The average Bonchev–Trinajstić information content (AvgIpc) is 3.55. The van der Waals surface area contributed by atoms with E-state index in [-0.39, 0.29) is 0 Å². The Balaban J connectivity index is 1.27. The van der Waals surface area contributed by atoms with Crippen LogP contribution in [0.4, 0.5) is 16.3 Å². The van der Waals surface area contributed by atoms with Crippen LogP contribution in [0.5, 0.6) is 11.5 Å². The van der Waals surface area contributed by atoms with Crippen LogP contribution in [0.25, 0.3) is 20.8 Å². The lowest BCUT2D eigenvalue weighted by molar-refractivity contribution is 0.199. The van der Waals surface area contributed by atoms with Crippen molar-refractivity contribution < 1.29 is 18.8 Å². The summed E-state index contributed by atoms with van der Waals surface area (Å²) in [4.78, 5) is 22.4. The number of hydrogen-bond acceptors (Lipinski definition) is 9. The van der Waals surface area contributed by atoms with Crippen LogP contribution in [0.15, 0.2) is 65.4 Å². The highest BCUT2D eigenvalue weighted by molar-refractivity contribution is 7.22. The summed E-state index contributed by atoms with van der Waals surface area (Å²) in [5, 5.41) is 12.6. The highest BCUT2D eigenvalue weighted by atomic mass is 35.5. The molecule has 0 aliphatic rings. The zero-order chi connectivity index (χ0) is 27.2. The number of nitrogens with one attached hydrogen (secondary N) is 3. The van der Waals surface area contributed by atoms with E-state index in [1.54, 1.807) is 61.9 Å². The SMILES string of the molecule is COCCNCc1ccc(-c2cc3nccc(Oc4ccc(NC(=O)Nc5cc(C)on5)c(Cl)c4)c3s2)nc1. The zero-order valence-corrected chi connectivity index (χ0v) is 22.7. The fourth-order valence-corrected chi connectivity index (χ4v) is 4.95. The maximum atomic E-state index is 12.3. The molecule has 0 bridgehead atoms. The average molecular weight is 565 g/mol. The van der Waals surface area contributed by atoms with Crippen molar-refractivity contribution in [2.75, 3.05) is 30.9 Å². The van der Waals surface area contributed by atoms with Gasteiger partial charge in [-0.15, -0.1) is 11.3 Å². The van der Waals surface area contributed by atoms with E-state index >= 15 is 0 Å². The van der Waals surface area contributed by atoms with E-state index in [4.69, 9.17) is 25.6 Å². The molecule has 0 saturated heterocycles. The first-order valence-electron chi connectivity index (χ1n) is 12.0. The summed E-state index contributed by atoms with van der Waals surface area (Å²) >= 11 is 7.97. The molecule has 0 spiro atoms. The third kappa shape index (κ3) is 6.70. The van der Waals surface area contributed by atoms with Gasteiger partial charge in [-0.1, -0.05) is 22.8 Å². The molecule has 0 saturated carbocycles. The van der Waals surface area contributed by atoms with Gasteiger partial charge in [0.2, 0.25) is 0 Å². The standard InChI is InChI=1S/C27H25ClN6O4S/c1-16-11-25(34-38-16)33-27(35)32-20-6-4-18(12-19(20)28)37-23-7-8-30-22-13-24(39-26(22)23)21-5-3-17(15-31-21)14-29-9-10-36-2/h3-8,11-13,15,29H,9-10,14H2,1-2H3,(H2,32,33,34,35). The number of rotatable bonds is 10. The Labute approximate surface area is 233 Å². The quantitative estimate of drug-likeness (QED) is 0.165. The van der Waals surface area contributed by atoms with E-state index < -0.39 is 6.03 Å². The largest absolute Gasteiger partial charge is 0.456 e. The molecule has 4 heterocycles. The number of carbonyl (C=O) groups excluding carboxylic acids is 1. The first-order valence-corrected chi connectivity index (χ1v) is 13.2. The normalized spacial score (nSPS) is 11.1. The van der Waals surface area contributed by atoms with E-state index in [0.717, 1.165) is 39.4 Å². The van der Waals surface area contributed by atoms with Gasteiger partial charge in [0.05, 0.1) is 38.1 Å². The summed E-state index contributed by atoms with van der Waals surface area (Å²) < 4.78 is 17.0. The lowest BCUT2D eigenvalue weighted by Crippen LogP contribution is -2.19. The molecule has 0 atom stereocenters. The van der Waals surface area contributed by atoms with E-state index in [9.17, 15) is 4.79 Å². The minimum absolute atomic E-state index is 0.305. The third-order valence-corrected chi connectivity index (χ3v) is 7.03.